The van der Waals surface area contributed by atoms with E-state index in [-0.39, 0.29) is 18.2 Å². The highest BCUT2D eigenvalue weighted by molar-refractivity contribution is 5.97. The zero-order valence-corrected chi connectivity index (χ0v) is 16.5. The number of amides is 2. The van der Waals surface area contributed by atoms with Crippen molar-refractivity contribution in [3.8, 4) is 5.75 Å². The van der Waals surface area contributed by atoms with Gasteiger partial charge >= 0.3 is 0 Å². The van der Waals surface area contributed by atoms with Gasteiger partial charge in [-0.05, 0) is 36.6 Å². The Morgan fingerprint density at radius 3 is 2.52 bits per heavy atom. The summed E-state index contributed by atoms with van der Waals surface area (Å²) in [6.07, 6.45) is 7.35. The maximum atomic E-state index is 13.6. The first-order valence-electron chi connectivity index (χ1n) is 10.2. The summed E-state index contributed by atoms with van der Waals surface area (Å²) < 4.78 is 19.2. The quantitative estimate of drug-likeness (QED) is 0.686. The van der Waals surface area contributed by atoms with Crippen molar-refractivity contribution in [3.05, 3.63) is 59.9 Å². The van der Waals surface area contributed by atoms with E-state index in [0.29, 0.717) is 23.8 Å². The molecule has 1 saturated carbocycles. The Morgan fingerprint density at radius 2 is 1.72 bits per heavy atom. The topological polar surface area (TPSA) is 67.4 Å². The Bertz CT molecular complexity index is 834. The van der Waals surface area contributed by atoms with Gasteiger partial charge in [0.25, 0.3) is 11.8 Å². The Hall–Kier alpha value is -2.89. The molecule has 1 aliphatic rings. The van der Waals surface area contributed by atoms with Gasteiger partial charge in [-0.25, -0.2) is 4.39 Å². The lowest BCUT2D eigenvalue weighted by molar-refractivity contribution is -0.118. The van der Waals surface area contributed by atoms with Crippen molar-refractivity contribution in [2.75, 3.05) is 18.5 Å². The van der Waals surface area contributed by atoms with E-state index in [9.17, 15) is 14.0 Å². The Labute approximate surface area is 170 Å². The van der Waals surface area contributed by atoms with Crippen molar-refractivity contribution in [2.24, 2.45) is 5.92 Å². The molecule has 0 bridgehead atoms. The molecule has 0 unspecified atom stereocenters. The Morgan fingerprint density at radius 1 is 1.00 bits per heavy atom. The summed E-state index contributed by atoms with van der Waals surface area (Å²) in [5.74, 6) is -0.212. The van der Waals surface area contributed by atoms with E-state index in [1.165, 1.54) is 44.2 Å². The molecule has 3 rings (SSSR count). The number of hydrogen-bond donors (Lipinski definition) is 2. The molecule has 0 spiro atoms. The molecular formula is C23H27FN2O3. The molecule has 5 nitrogen and oxygen atoms in total. The number of hydrogen-bond acceptors (Lipinski definition) is 3. The lowest BCUT2D eigenvalue weighted by Crippen LogP contribution is -2.27. The third-order valence-electron chi connectivity index (χ3n) is 5.20. The average Bonchev–Trinajstić information content (AvgIpc) is 2.75. The number of anilines is 1. The molecule has 0 aromatic heterocycles. The average molecular weight is 398 g/mol. The zero-order chi connectivity index (χ0) is 20.5. The van der Waals surface area contributed by atoms with E-state index in [1.807, 2.05) is 0 Å². The van der Waals surface area contributed by atoms with Gasteiger partial charge in [0.1, 0.15) is 11.6 Å². The molecule has 1 fully saturated rings. The molecule has 2 N–H and O–H groups in total. The number of nitrogens with one attached hydrogen (secondary N) is 2. The predicted octanol–water partition coefficient (Wildman–Crippen LogP) is 4.54. The minimum atomic E-state index is -0.515. The Kier molecular flexibility index (Phi) is 7.61. The van der Waals surface area contributed by atoms with Crippen LogP contribution in [0.3, 0.4) is 0 Å². The summed E-state index contributed by atoms with van der Waals surface area (Å²) in [6, 6.07) is 12.7. The largest absolute Gasteiger partial charge is 0.483 e. The summed E-state index contributed by atoms with van der Waals surface area (Å²) in [7, 11) is 0. The molecule has 0 radical (unpaired) electrons. The third-order valence-corrected chi connectivity index (χ3v) is 5.20. The van der Waals surface area contributed by atoms with Crippen molar-refractivity contribution in [1.82, 2.24) is 5.32 Å². The highest BCUT2D eigenvalue weighted by Gasteiger charge is 2.16. The van der Waals surface area contributed by atoms with Crippen molar-refractivity contribution in [3.63, 3.8) is 0 Å². The maximum Gasteiger partial charge on any atom is 0.262 e. The normalized spacial score (nSPS) is 14.2. The molecule has 29 heavy (non-hydrogen) atoms. The van der Waals surface area contributed by atoms with Gasteiger partial charge < -0.3 is 15.4 Å². The molecule has 0 saturated heterocycles. The van der Waals surface area contributed by atoms with Crippen LogP contribution < -0.4 is 15.4 Å². The van der Waals surface area contributed by atoms with Crippen LogP contribution in [0.1, 0.15) is 48.9 Å². The molecule has 2 amide bonds. The summed E-state index contributed by atoms with van der Waals surface area (Å²) in [4.78, 5) is 24.6. The fourth-order valence-electron chi connectivity index (χ4n) is 3.63. The summed E-state index contributed by atoms with van der Waals surface area (Å²) in [5, 5.41) is 5.41. The third kappa shape index (κ3) is 6.31. The molecule has 1 aliphatic carbocycles. The van der Waals surface area contributed by atoms with E-state index in [2.05, 4.69) is 10.6 Å². The molecule has 2 aromatic carbocycles. The van der Waals surface area contributed by atoms with Crippen LogP contribution in [-0.4, -0.2) is 25.0 Å². The van der Waals surface area contributed by atoms with Crippen molar-refractivity contribution < 1.29 is 18.7 Å². The standard InChI is InChI=1S/C23H27FN2O3/c24-19-11-5-6-12-20(19)26-22(27)16-29-21-13-7-4-10-18(21)23(28)25-15-14-17-8-2-1-3-9-17/h4-7,10-13,17H,1-3,8-9,14-16H2,(H,25,28)(H,26,27). The van der Waals surface area contributed by atoms with Gasteiger partial charge in [0, 0.05) is 6.54 Å². The number of carbonyl (C=O) groups excluding carboxylic acids is 2. The van der Waals surface area contributed by atoms with Crippen LogP contribution in [0, 0.1) is 11.7 Å². The van der Waals surface area contributed by atoms with Gasteiger partial charge in [-0.1, -0.05) is 56.4 Å². The summed E-state index contributed by atoms with van der Waals surface area (Å²) in [5.41, 5.74) is 0.477. The van der Waals surface area contributed by atoms with Crippen LogP contribution >= 0.6 is 0 Å². The second-order valence-corrected chi connectivity index (χ2v) is 7.36. The van der Waals surface area contributed by atoms with E-state index in [0.717, 1.165) is 6.42 Å². The minimum Gasteiger partial charge on any atom is -0.483 e. The molecule has 6 heteroatoms. The molecule has 2 aromatic rings. The summed E-state index contributed by atoms with van der Waals surface area (Å²) >= 11 is 0. The fourth-order valence-corrected chi connectivity index (χ4v) is 3.63. The maximum absolute atomic E-state index is 13.6. The minimum absolute atomic E-state index is 0.0924. The van der Waals surface area contributed by atoms with Gasteiger partial charge in [0.15, 0.2) is 6.61 Å². The second kappa shape index (κ2) is 10.6. The monoisotopic (exact) mass is 398 g/mol. The predicted molar refractivity (Wildman–Crippen MR) is 110 cm³/mol. The number of carbonyl (C=O) groups is 2. The zero-order valence-electron chi connectivity index (χ0n) is 16.5. The molecule has 0 aliphatic heterocycles. The number of halogens is 1. The molecular weight excluding hydrogens is 371 g/mol. The lowest BCUT2D eigenvalue weighted by atomic mass is 9.87. The van der Waals surface area contributed by atoms with Gasteiger partial charge in [0.05, 0.1) is 11.3 Å². The van der Waals surface area contributed by atoms with Gasteiger partial charge in [-0.2, -0.15) is 0 Å². The first-order valence-corrected chi connectivity index (χ1v) is 10.2. The fraction of sp³-hybridized carbons (Fsp3) is 0.391. The number of rotatable bonds is 8. The summed E-state index contributed by atoms with van der Waals surface area (Å²) in [6.45, 7) is 0.312. The van der Waals surface area contributed by atoms with Crippen LogP contribution in [0.2, 0.25) is 0 Å². The highest BCUT2D eigenvalue weighted by atomic mass is 19.1. The second-order valence-electron chi connectivity index (χ2n) is 7.36. The lowest BCUT2D eigenvalue weighted by Gasteiger charge is -2.21. The van der Waals surface area contributed by atoms with Gasteiger partial charge in [-0.3, -0.25) is 9.59 Å². The van der Waals surface area contributed by atoms with Crippen LogP contribution in [0.15, 0.2) is 48.5 Å². The highest BCUT2D eigenvalue weighted by Crippen LogP contribution is 2.26. The van der Waals surface area contributed by atoms with Gasteiger partial charge in [-0.15, -0.1) is 0 Å². The van der Waals surface area contributed by atoms with E-state index in [1.54, 1.807) is 36.4 Å². The Balaban J connectivity index is 1.50. The van der Waals surface area contributed by atoms with Crippen LogP contribution in [0.5, 0.6) is 5.75 Å². The number of benzene rings is 2. The number of ether oxygens (including phenoxy) is 1. The van der Waals surface area contributed by atoms with Crippen molar-refractivity contribution in [1.29, 1.82) is 0 Å². The van der Waals surface area contributed by atoms with Crippen molar-refractivity contribution in [2.45, 2.75) is 38.5 Å². The van der Waals surface area contributed by atoms with E-state index >= 15 is 0 Å². The van der Waals surface area contributed by atoms with Crippen LogP contribution in [0.25, 0.3) is 0 Å². The van der Waals surface area contributed by atoms with Crippen LogP contribution in [-0.2, 0) is 4.79 Å². The van der Waals surface area contributed by atoms with E-state index < -0.39 is 11.7 Å². The van der Waals surface area contributed by atoms with Gasteiger partial charge in [0.2, 0.25) is 0 Å². The van der Waals surface area contributed by atoms with Crippen LogP contribution in [0.4, 0.5) is 10.1 Å². The SMILES string of the molecule is O=C(COc1ccccc1C(=O)NCCC1CCCCC1)Nc1ccccc1F. The first-order chi connectivity index (χ1) is 14.1. The molecule has 0 atom stereocenters. The van der Waals surface area contributed by atoms with Crippen molar-refractivity contribution >= 4 is 17.5 Å². The smallest absolute Gasteiger partial charge is 0.262 e. The molecule has 0 heterocycles. The van der Waals surface area contributed by atoms with E-state index in [4.69, 9.17) is 4.74 Å². The number of para-hydroxylation sites is 2. The molecule has 154 valence electrons. The first kappa shape index (κ1) is 20.8.